The second-order valence-electron chi connectivity index (χ2n) is 7.82. The van der Waals surface area contributed by atoms with Crippen LogP contribution in [0.5, 0.6) is 0 Å². The summed E-state index contributed by atoms with van der Waals surface area (Å²) in [6.07, 6.45) is 8.32. The average Bonchev–Trinajstić information content (AvgIpc) is 3.11. The Morgan fingerprint density at radius 2 is 1.85 bits per heavy atom. The van der Waals surface area contributed by atoms with Crippen LogP contribution in [0.15, 0.2) is 42.6 Å². The average molecular weight is 389 g/mol. The molecule has 1 aromatic carbocycles. The number of benzene rings is 1. The number of rotatable bonds is 5. The smallest absolute Gasteiger partial charge is 0.223 e. The summed E-state index contributed by atoms with van der Waals surface area (Å²) >= 11 is 0. The van der Waals surface area contributed by atoms with Crippen LogP contribution in [0.4, 0.5) is 0 Å². The van der Waals surface area contributed by atoms with Crippen LogP contribution < -0.4 is 11.1 Å². The highest BCUT2D eigenvalue weighted by molar-refractivity contribution is 5.85. The maximum absolute atomic E-state index is 12.6. The lowest BCUT2D eigenvalue weighted by Crippen LogP contribution is -2.49. The number of halogens is 1. The number of nitrogens with zero attached hydrogens (tertiary/aromatic N) is 2. The zero-order chi connectivity index (χ0) is 17.9. The number of aromatic nitrogens is 2. The third kappa shape index (κ3) is 4.53. The molecule has 2 atom stereocenters. The fraction of sp³-hybridized carbons (Fsp3) is 0.524. The van der Waals surface area contributed by atoms with Gasteiger partial charge in [0.25, 0.3) is 0 Å². The fourth-order valence-corrected chi connectivity index (χ4v) is 4.68. The van der Waals surface area contributed by atoms with Crippen molar-refractivity contribution in [3.63, 3.8) is 0 Å². The van der Waals surface area contributed by atoms with Crippen molar-refractivity contribution in [3.05, 3.63) is 48.3 Å². The van der Waals surface area contributed by atoms with Gasteiger partial charge in [-0.05, 0) is 55.7 Å². The van der Waals surface area contributed by atoms with Gasteiger partial charge in [-0.2, -0.15) is 5.10 Å². The second kappa shape index (κ2) is 8.89. The number of hydrogen-bond donors (Lipinski definition) is 2. The lowest BCUT2D eigenvalue weighted by atomic mass is 9.65. The first-order valence-electron chi connectivity index (χ1n) is 9.84. The SMILES string of the molecule is Cl.NC1C2CCCC1CC(C(=O)NCCc1ccn(-c3ccccc3)n1)C2. The zero-order valence-electron chi connectivity index (χ0n) is 15.6. The van der Waals surface area contributed by atoms with E-state index in [1.165, 1.54) is 19.3 Å². The topological polar surface area (TPSA) is 72.9 Å². The van der Waals surface area contributed by atoms with Crippen LogP contribution in [0.25, 0.3) is 5.69 Å². The molecule has 1 aromatic heterocycles. The predicted molar refractivity (Wildman–Crippen MR) is 109 cm³/mol. The van der Waals surface area contributed by atoms with Gasteiger partial charge in [-0.3, -0.25) is 4.79 Å². The Hall–Kier alpha value is -1.85. The molecule has 5 nitrogen and oxygen atoms in total. The van der Waals surface area contributed by atoms with E-state index in [4.69, 9.17) is 5.73 Å². The van der Waals surface area contributed by atoms with Gasteiger partial charge in [0.05, 0.1) is 11.4 Å². The second-order valence-corrected chi connectivity index (χ2v) is 7.82. The molecule has 0 spiro atoms. The van der Waals surface area contributed by atoms with Crippen molar-refractivity contribution < 1.29 is 4.79 Å². The molecule has 6 heteroatoms. The van der Waals surface area contributed by atoms with Crippen molar-refractivity contribution >= 4 is 18.3 Å². The molecule has 27 heavy (non-hydrogen) atoms. The van der Waals surface area contributed by atoms with Crippen LogP contribution in [0.1, 0.15) is 37.8 Å². The van der Waals surface area contributed by atoms with E-state index >= 15 is 0 Å². The molecule has 1 amide bonds. The van der Waals surface area contributed by atoms with Crippen molar-refractivity contribution in [2.24, 2.45) is 23.5 Å². The molecule has 2 bridgehead atoms. The van der Waals surface area contributed by atoms with Crippen LogP contribution >= 0.6 is 12.4 Å². The predicted octanol–water partition coefficient (Wildman–Crippen LogP) is 3.11. The lowest BCUT2D eigenvalue weighted by Gasteiger charge is -2.43. The molecule has 2 unspecified atom stereocenters. The number of amides is 1. The first kappa shape index (κ1) is 19.9. The molecule has 2 aromatic rings. The zero-order valence-corrected chi connectivity index (χ0v) is 16.4. The molecule has 0 saturated heterocycles. The summed E-state index contributed by atoms with van der Waals surface area (Å²) in [5.74, 6) is 1.43. The summed E-state index contributed by atoms with van der Waals surface area (Å²) in [6, 6.07) is 12.4. The minimum atomic E-state index is 0. The van der Waals surface area contributed by atoms with Crippen molar-refractivity contribution in [2.45, 2.75) is 44.6 Å². The van der Waals surface area contributed by atoms with Gasteiger partial charge >= 0.3 is 0 Å². The van der Waals surface area contributed by atoms with E-state index < -0.39 is 0 Å². The van der Waals surface area contributed by atoms with Gasteiger partial charge in [0.2, 0.25) is 5.91 Å². The Morgan fingerprint density at radius 3 is 2.56 bits per heavy atom. The maximum Gasteiger partial charge on any atom is 0.223 e. The molecular weight excluding hydrogens is 360 g/mol. The Bertz CT molecular complexity index is 734. The van der Waals surface area contributed by atoms with E-state index in [1.807, 2.05) is 47.3 Å². The van der Waals surface area contributed by atoms with E-state index in [0.29, 0.717) is 24.4 Å². The molecular formula is C21H29ClN4O. The molecule has 2 aliphatic carbocycles. The van der Waals surface area contributed by atoms with Gasteiger partial charge in [-0.25, -0.2) is 4.68 Å². The molecule has 0 radical (unpaired) electrons. The van der Waals surface area contributed by atoms with E-state index in [0.717, 1.165) is 30.6 Å². The van der Waals surface area contributed by atoms with E-state index in [-0.39, 0.29) is 24.2 Å². The summed E-state index contributed by atoms with van der Waals surface area (Å²) in [7, 11) is 0. The molecule has 2 fully saturated rings. The number of carbonyl (C=O) groups excluding carboxylic acids is 1. The third-order valence-electron chi connectivity index (χ3n) is 6.13. The van der Waals surface area contributed by atoms with E-state index in [2.05, 4.69) is 10.4 Å². The minimum absolute atomic E-state index is 0. The van der Waals surface area contributed by atoms with Crippen molar-refractivity contribution in [1.29, 1.82) is 0 Å². The number of fused-ring (bicyclic) bond motifs is 2. The Labute approximate surface area is 167 Å². The molecule has 146 valence electrons. The van der Waals surface area contributed by atoms with Crippen LogP contribution in [-0.4, -0.2) is 28.3 Å². The maximum atomic E-state index is 12.6. The molecule has 0 aliphatic heterocycles. The van der Waals surface area contributed by atoms with Crippen LogP contribution in [0, 0.1) is 17.8 Å². The normalized spacial score (nSPS) is 26.9. The first-order valence-corrected chi connectivity index (χ1v) is 9.84. The fourth-order valence-electron chi connectivity index (χ4n) is 4.68. The standard InChI is InChI=1S/C21H28N4O.ClH/c22-20-15-5-4-6-16(20)14-17(13-15)21(26)23-11-9-18-10-12-25(24-18)19-7-2-1-3-8-19;/h1-3,7-8,10,12,15-17,20H,4-6,9,11,13-14,22H2,(H,23,26);1H. The lowest BCUT2D eigenvalue weighted by molar-refractivity contribution is -0.127. The highest BCUT2D eigenvalue weighted by Gasteiger charge is 2.40. The molecule has 1 heterocycles. The van der Waals surface area contributed by atoms with Crippen LogP contribution in [0.2, 0.25) is 0 Å². The van der Waals surface area contributed by atoms with E-state index in [1.54, 1.807) is 0 Å². The first-order chi connectivity index (χ1) is 12.7. The van der Waals surface area contributed by atoms with Gasteiger partial charge < -0.3 is 11.1 Å². The largest absolute Gasteiger partial charge is 0.355 e. The summed E-state index contributed by atoms with van der Waals surface area (Å²) in [4.78, 5) is 12.6. The quantitative estimate of drug-likeness (QED) is 0.826. The van der Waals surface area contributed by atoms with Crippen molar-refractivity contribution in [2.75, 3.05) is 6.54 Å². The third-order valence-corrected chi connectivity index (χ3v) is 6.13. The van der Waals surface area contributed by atoms with E-state index in [9.17, 15) is 4.79 Å². The number of nitrogens with two attached hydrogens (primary N) is 1. The van der Waals surface area contributed by atoms with Crippen LogP contribution in [0.3, 0.4) is 0 Å². The van der Waals surface area contributed by atoms with Gasteiger partial charge in [0.1, 0.15) is 0 Å². The van der Waals surface area contributed by atoms with Crippen molar-refractivity contribution in [3.8, 4) is 5.69 Å². The number of para-hydroxylation sites is 1. The Balaban J connectivity index is 0.00000210. The Kier molecular flexibility index (Phi) is 6.55. The van der Waals surface area contributed by atoms with Gasteiger partial charge in [0.15, 0.2) is 0 Å². The van der Waals surface area contributed by atoms with Gasteiger partial charge in [-0.1, -0.05) is 24.6 Å². The minimum Gasteiger partial charge on any atom is -0.355 e. The highest BCUT2D eigenvalue weighted by atomic mass is 35.5. The van der Waals surface area contributed by atoms with Crippen LogP contribution in [-0.2, 0) is 11.2 Å². The number of nitrogens with one attached hydrogen (secondary N) is 1. The monoisotopic (exact) mass is 388 g/mol. The highest BCUT2D eigenvalue weighted by Crippen LogP contribution is 2.41. The Morgan fingerprint density at radius 1 is 1.15 bits per heavy atom. The van der Waals surface area contributed by atoms with Crippen molar-refractivity contribution in [1.82, 2.24) is 15.1 Å². The summed E-state index contributed by atoms with van der Waals surface area (Å²) < 4.78 is 1.88. The summed E-state index contributed by atoms with van der Waals surface area (Å²) in [6.45, 7) is 0.641. The van der Waals surface area contributed by atoms with Gasteiger partial charge in [-0.15, -0.1) is 12.4 Å². The summed E-state index contributed by atoms with van der Waals surface area (Å²) in [5.41, 5.74) is 8.38. The molecule has 2 aliphatic rings. The summed E-state index contributed by atoms with van der Waals surface area (Å²) in [5, 5.41) is 7.72. The molecule has 3 N–H and O–H groups in total. The molecule has 4 rings (SSSR count). The molecule has 2 saturated carbocycles. The van der Waals surface area contributed by atoms with Gasteiger partial charge in [0, 0.05) is 31.1 Å². The number of hydrogen-bond acceptors (Lipinski definition) is 3. The number of carbonyl (C=O) groups is 1.